The molecule has 26 heavy (non-hydrogen) atoms. The molecular weight excluding hydrogens is 336 g/mol. The predicted octanol–water partition coefficient (Wildman–Crippen LogP) is 4.34. The van der Waals surface area contributed by atoms with Crippen molar-refractivity contribution in [2.75, 3.05) is 5.32 Å². The summed E-state index contributed by atoms with van der Waals surface area (Å²) in [6, 6.07) is 14.1. The van der Waals surface area contributed by atoms with Gasteiger partial charge in [-0.2, -0.15) is 0 Å². The Balaban J connectivity index is 1.70. The van der Waals surface area contributed by atoms with E-state index >= 15 is 0 Å². The molecule has 0 spiro atoms. The fraction of sp³-hybridized carbons (Fsp3) is 0.100. The average Bonchev–Trinajstić information content (AvgIpc) is 2.63. The Morgan fingerprint density at radius 3 is 2.65 bits per heavy atom. The molecule has 0 aliphatic heterocycles. The van der Waals surface area contributed by atoms with Gasteiger partial charge >= 0.3 is 0 Å². The number of aryl methyl sites for hydroxylation is 1. The lowest BCUT2D eigenvalue weighted by Gasteiger charge is -2.10. The lowest BCUT2D eigenvalue weighted by Crippen LogP contribution is -2.23. The van der Waals surface area contributed by atoms with Gasteiger partial charge in [-0.1, -0.05) is 24.3 Å². The number of nitrogens with one attached hydrogen (secondary N) is 2. The summed E-state index contributed by atoms with van der Waals surface area (Å²) in [5.74, 6) is -1.37. The van der Waals surface area contributed by atoms with E-state index < -0.39 is 11.6 Å². The number of hydrogen-bond donors (Lipinski definition) is 2. The van der Waals surface area contributed by atoms with Gasteiger partial charge in [0.15, 0.2) is 0 Å². The highest BCUT2D eigenvalue weighted by Gasteiger charge is 2.09. The second-order valence-corrected chi connectivity index (χ2v) is 5.79. The fourth-order valence-corrected chi connectivity index (χ4v) is 2.45. The van der Waals surface area contributed by atoms with Gasteiger partial charge in [-0.15, -0.1) is 0 Å². The molecule has 0 bridgehead atoms. The van der Waals surface area contributed by atoms with Gasteiger partial charge in [0.1, 0.15) is 17.5 Å². The van der Waals surface area contributed by atoms with Gasteiger partial charge in [-0.3, -0.25) is 4.79 Å². The SMILES string of the molecule is Cc1ccccc1CNC(=O)c1ccnc(Nc2ccc(F)cc2F)c1. The van der Waals surface area contributed by atoms with Crippen LogP contribution in [0.3, 0.4) is 0 Å². The molecule has 1 aromatic heterocycles. The van der Waals surface area contributed by atoms with Crippen molar-refractivity contribution >= 4 is 17.4 Å². The molecule has 0 unspecified atom stereocenters. The van der Waals surface area contributed by atoms with Gasteiger partial charge in [-0.25, -0.2) is 13.8 Å². The van der Waals surface area contributed by atoms with E-state index in [1.165, 1.54) is 18.3 Å². The van der Waals surface area contributed by atoms with Crippen LogP contribution >= 0.6 is 0 Å². The minimum Gasteiger partial charge on any atom is -0.348 e. The van der Waals surface area contributed by atoms with Crippen LogP contribution in [0.2, 0.25) is 0 Å². The van der Waals surface area contributed by atoms with Crippen molar-refractivity contribution in [2.24, 2.45) is 0 Å². The molecule has 0 radical (unpaired) electrons. The van der Waals surface area contributed by atoms with Crippen LogP contribution in [-0.2, 0) is 6.54 Å². The Bertz CT molecular complexity index is 944. The monoisotopic (exact) mass is 353 g/mol. The lowest BCUT2D eigenvalue weighted by molar-refractivity contribution is 0.0951. The first-order valence-electron chi connectivity index (χ1n) is 8.04. The Kier molecular flexibility index (Phi) is 5.22. The van der Waals surface area contributed by atoms with Crippen LogP contribution < -0.4 is 10.6 Å². The molecule has 3 aromatic rings. The largest absolute Gasteiger partial charge is 0.348 e. The summed E-state index contributed by atoms with van der Waals surface area (Å²) in [4.78, 5) is 16.4. The maximum atomic E-state index is 13.7. The third-order valence-corrected chi connectivity index (χ3v) is 3.92. The molecule has 4 nitrogen and oxygen atoms in total. The summed E-state index contributed by atoms with van der Waals surface area (Å²) in [6.07, 6.45) is 1.45. The van der Waals surface area contributed by atoms with Crippen molar-refractivity contribution in [3.05, 3.63) is 89.1 Å². The van der Waals surface area contributed by atoms with Gasteiger partial charge in [0, 0.05) is 24.4 Å². The van der Waals surface area contributed by atoms with Crippen LogP contribution in [0.4, 0.5) is 20.3 Å². The Morgan fingerprint density at radius 1 is 1.08 bits per heavy atom. The van der Waals surface area contributed by atoms with Crippen molar-refractivity contribution < 1.29 is 13.6 Å². The molecule has 0 fully saturated rings. The first-order valence-corrected chi connectivity index (χ1v) is 8.04. The number of nitrogens with zero attached hydrogens (tertiary/aromatic N) is 1. The molecule has 1 heterocycles. The lowest BCUT2D eigenvalue weighted by atomic mass is 10.1. The summed E-state index contributed by atoms with van der Waals surface area (Å²) >= 11 is 0. The zero-order valence-electron chi connectivity index (χ0n) is 14.1. The molecule has 132 valence electrons. The molecule has 0 aliphatic carbocycles. The predicted molar refractivity (Wildman–Crippen MR) is 96.2 cm³/mol. The molecule has 0 aliphatic rings. The maximum Gasteiger partial charge on any atom is 0.251 e. The maximum absolute atomic E-state index is 13.7. The van der Waals surface area contributed by atoms with E-state index in [4.69, 9.17) is 0 Å². The summed E-state index contributed by atoms with van der Waals surface area (Å²) in [5, 5.41) is 5.59. The van der Waals surface area contributed by atoms with Gasteiger partial charge < -0.3 is 10.6 Å². The van der Waals surface area contributed by atoms with Crippen LogP contribution in [0, 0.1) is 18.6 Å². The number of amides is 1. The first kappa shape index (κ1) is 17.5. The number of rotatable bonds is 5. The van der Waals surface area contributed by atoms with Crippen LogP contribution in [0.1, 0.15) is 21.5 Å². The number of halogens is 2. The van der Waals surface area contributed by atoms with Gasteiger partial charge in [0.25, 0.3) is 5.91 Å². The van der Waals surface area contributed by atoms with Crippen LogP contribution in [0.25, 0.3) is 0 Å². The standard InChI is InChI=1S/C20H17F2N3O/c1-13-4-2-3-5-15(13)12-24-20(26)14-8-9-23-19(10-14)25-18-7-6-16(21)11-17(18)22/h2-11H,12H2,1H3,(H,23,25)(H,24,26). The van der Waals surface area contributed by atoms with Gasteiger partial charge in [-0.05, 0) is 42.3 Å². The number of hydrogen-bond acceptors (Lipinski definition) is 3. The molecule has 0 saturated heterocycles. The zero-order valence-corrected chi connectivity index (χ0v) is 14.1. The molecule has 1 amide bonds. The van der Waals surface area contributed by atoms with E-state index in [1.807, 2.05) is 31.2 Å². The quantitative estimate of drug-likeness (QED) is 0.717. The van der Waals surface area contributed by atoms with E-state index in [9.17, 15) is 13.6 Å². The van der Waals surface area contributed by atoms with Crippen LogP contribution in [-0.4, -0.2) is 10.9 Å². The van der Waals surface area contributed by atoms with E-state index in [1.54, 1.807) is 6.07 Å². The summed E-state index contributed by atoms with van der Waals surface area (Å²) < 4.78 is 26.7. The second kappa shape index (κ2) is 7.74. The van der Waals surface area contributed by atoms with E-state index in [0.29, 0.717) is 17.9 Å². The molecule has 0 saturated carbocycles. The average molecular weight is 353 g/mol. The number of carbonyl (C=O) groups excluding carboxylic acids is 1. The Morgan fingerprint density at radius 2 is 1.88 bits per heavy atom. The Labute approximate surface area is 149 Å². The highest BCUT2D eigenvalue weighted by molar-refractivity contribution is 5.94. The number of anilines is 2. The number of pyridine rings is 1. The third kappa shape index (κ3) is 4.22. The Hall–Kier alpha value is -3.28. The van der Waals surface area contributed by atoms with Crippen LogP contribution in [0.15, 0.2) is 60.8 Å². The molecule has 2 aromatic carbocycles. The number of aromatic nitrogens is 1. The van der Waals surface area contributed by atoms with E-state index in [-0.39, 0.29) is 11.6 Å². The van der Waals surface area contributed by atoms with Crippen molar-refractivity contribution in [1.29, 1.82) is 0 Å². The topological polar surface area (TPSA) is 54.0 Å². The smallest absolute Gasteiger partial charge is 0.251 e. The summed E-state index contributed by atoms with van der Waals surface area (Å²) in [6.45, 7) is 2.39. The summed E-state index contributed by atoms with van der Waals surface area (Å²) in [5.41, 5.74) is 2.59. The third-order valence-electron chi connectivity index (χ3n) is 3.92. The molecule has 6 heteroatoms. The fourth-order valence-electron chi connectivity index (χ4n) is 2.45. The second-order valence-electron chi connectivity index (χ2n) is 5.79. The van der Waals surface area contributed by atoms with Crippen molar-refractivity contribution in [3.63, 3.8) is 0 Å². The normalized spacial score (nSPS) is 10.4. The minimum atomic E-state index is -0.735. The van der Waals surface area contributed by atoms with Crippen molar-refractivity contribution in [3.8, 4) is 0 Å². The number of carbonyl (C=O) groups is 1. The van der Waals surface area contributed by atoms with Gasteiger partial charge in [0.05, 0.1) is 5.69 Å². The zero-order chi connectivity index (χ0) is 18.5. The molecular formula is C20H17F2N3O. The van der Waals surface area contributed by atoms with E-state index in [2.05, 4.69) is 15.6 Å². The molecule has 2 N–H and O–H groups in total. The van der Waals surface area contributed by atoms with Crippen LogP contribution in [0.5, 0.6) is 0 Å². The van der Waals surface area contributed by atoms with Crippen molar-refractivity contribution in [2.45, 2.75) is 13.5 Å². The highest BCUT2D eigenvalue weighted by atomic mass is 19.1. The number of benzene rings is 2. The first-order chi connectivity index (χ1) is 12.5. The molecule has 0 atom stereocenters. The van der Waals surface area contributed by atoms with Crippen molar-refractivity contribution in [1.82, 2.24) is 10.3 Å². The molecule has 3 rings (SSSR count). The highest BCUT2D eigenvalue weighted by Crippen LogP contribution is 2.20. The van der Waals surface area contributed by atoms with Gasteiger partial charge in [0.2, 0.25) is 0 Å². The van der Waals surface area contributed by atoms with E-state index in [0.717, 1.165) is 23.3 Å². The summed E-state index contributed by atoms with van der Waals surface area (Å²) in [7, 11) is 0. The minimum absolute atomic E-state index is 0.0800.